The van der Waals surface area contributed by atoms with Gasteiger partial charge in [0.1, 0.15) is 0 Å². The molecule has 0 aliphatic carbocycles. The van der Waals surface area contributed by atoms with Gasteiger partial charge in [-0.05, 0) is 54.1 Å². The highest BCUT2D eigenvalue weighted by Gasteiger charge is 2.20. The number of carbonyl (C=O) groups is 2. The van der Waals surface area contributed by atoms with E-state index in [4.69, 9.17) is 5.73 Å². The predicted octanol–water partition coefficient (Wildman–Crippen LogP) is 3.87. The number of thiophene rings is 1. The van der Waals surface area contributed by atoms with Crippen molar-refractivity contribution in [3.05, 3.63) is 89.1 Å². The van der Waals surface area contributed by atoms with E-state index in [1.807, 2.05) is 24.3 Å². The van der Waals surface area contributed by atoms with Crippen LogP contribution < -0.4 is 21.7 Å². The Bertz CT molecular complexity index is 1380. The lowest BCUT2D eigenvalue weighted by Gasteiger charge is -2.23. The molecule has 2 amide bonds. The highest BCUT2D eigenvalue weighted by molar-refractivity contribution is 7.13. The zero-order valence-corrected chi connectivity index (χ0v) is 21.1. The Morgan fingerprint density at radius 1 is 1.05 bits per heavy atom. The van der Waals surface area contributed by atoms with E-state index in [0.29, 0.717) is 29.9 Å². The number of piperidine rings is 1. The summed E-state index contributed by atoms with van der Waals surface area (Å²) in [5.74, 6) is -0.473. The molecule has 3 heterocycles. The van der Waals surface area contributed by atoms with E-state index < -0.39 is 0 Å². The molecule has 5 N–H and O–H groups in total. The number of nitrogens with one attached hydrogen (secondary N) is 3. The summed E-state index contributed by atoms with van der Waals surface area (Å²) >= 11 is 1.70. The Labute approximate surface area is 219 Å². The van der Waals surface area contributed by atoms with Gasteiger partial charge in [0.15, 0.2) is 11.5 Å². The lowest BCUT2D eigenvalue weighted by atomic mass is 10.1. The average molecular weight is 513 g/mol. The van der Waals surface area contributed by atoms with Gasteiger partial charge in [0, 0.05) is 35.1 Å². The fraction of sp³-hybridized carbons (Fsp3) is 0.214. The molecule has 1 fully saturated rings. The number of hydrogen-bond donors (Lipinski definition) is 4. The molecule has 188 valence electrons. The van der Waals surface area contributed by atoms with Crippen LogP contribution in [0.4, 0.5) is 5.82 Å². The zero-order chi connectivity index (χ0) is 25.6. The standard InChI is InChI=1S/C28H28N6O2S/c29-26-25(28(36)33-22-6-2-12-30-16-22)34-23(17-31-26)20-4-1-5-21(14-20)27(35)32-15-18-8-10-19(11-9-18)24-7-3-13-37-24/h1,3-5,7-11,13-14,17,22,30H,2,6,12,15-16H2,(H2,29,31)(H,32,35)(H,33,36)/t22-/m0/s1. The molecule has 0 saturated carbocycles. The average Bonchev–Trinajstić information content (AvgIpc) is 3.48. The molecule has 0 bridgehead atoms. The van der Waals surface area contributed by atoms with Gasteiger partial charge < -0.3 is 21.7 Å². The smallest absolute Gasteiger partial charge is 0.274 e. The first-order valence-corrected chi connectivity index (χ1v) is 13.1. The third-order valence-corrected chi connectivity index (χ3v) is 7.20. The van der Waals surface area contributed by atoms with Gasteiger partial charge in [0.05, 0.1) is 11.9 Å². The summed E-state index contributed by atoms with van der Waals surface area (Å²) in [5.41, 5.74) is 9.87. The van der Waals surface area contributed by atoms with Gasteiger partial charge in [-0.25, -0.2) is 9.97 Å². The van der Waals surface area contributed by atoms with Crippen LogP contribution in [0.5, 0.6) is 0 Å². The van der Waals surface area contributed by atoms with Crippen molar-refractivity contribution in [2.24, 2.45) is 0 Å². The topological polar surface area (TPSA) is 122 Å². The molecule has 4 aromatic rings. The highest BCUT2D eigenvalue weighted by Crippen LogP contribution is 2.25. The molecule has 5 rings (SSSR count). The molecule has 37 heavy (non-hydrogen) atoms. The third kappa shape index (κ3) is 6.02. The molecular formula is C28H28N6O2S. The van der Waals surface area contributed by atoms with Gasteiger partial charge in [-0.15, -0.1) is 11.3 Å². The Morgan fingerprint density at radius 2 is 1.92 bits per heavy atom. The van der Waals surface area contributed by atoms with E-state index in [1.54, 1.807) is 29.5 Å². The molecule has 1 saturated heterocycles. The van der Waals surface area contributed by atoms with E-state index >= 15 is 0 Å². The monoisotopic (exact) mass is 512 g/mol. The molecule has 2 aromatic carbocycles. The summed E-state index contributed by atoms with van der Waals surface area (Å²) in [6, 6.07) is 19.4. The maximum atomic E-state index is 12.9. The number of aromatic nitrogens is 2. The third-order valence-electron chi connectivity index (χ3n) is 6.28. The van der Waals surface area contributed by atoms with Gasteiger partial charge in [-0.1, -0.05) is 42.5 Å². The number of carbonyl (C=O) groups excluding carboxylic acids is 2. The van der Waals surface area contributed by atoms with Crippen LogP contribution in [-0.2, 0) is 6.54 Å². The minimum absolute atomic E-state index is 0.0324. The fourth-order valence-corrected chi connectivity index (χ4v) is 5.00. The van der Waals surface area contributed by atoms with Crippen molar-refractivity contribution < 1.29 is 9.59 Å². The molecule has 9 heteroatoms. The number of amides is 2. The summed E-state index contributed by atoms with van der Waals surface area (Å²) < 4.78 is 0. The quantitative estimate of drug-likeness (QED) is 0.298. The lowest BCUT2D eigenvalue weighted by molar-refractivity contribution is 0.0923. The Balaban J connectivity index is 1.25. The second-order valence-corrected chi connectivity index (χ2v) is 9.89. The van der Waals surface area contributed by atoms with Crippen LogP contribution in [0.15, 0.2) is 72.2 Å². The summed E-state index contributed by atoms with van der Waals surface area (Å²) in [5, 5.41) is 11.3. The van der Waals surface area contributed by atoms with Crippen LogP contribution in [-0.4, -0.2) is 40.9 Å². The summed E-state index contributed by atoms with van der Waals surface area (Å²) in [7, 11) is 0. The number of benzene rings is 2. The maximum Gasteiger partial charge on any atom is 0.274 e. The van der Waals surface area contributed by atoms with Gasteiger partial charge in [-0.2, -0.15) is 0 Å². The van der Waals surface area contributed by atoms with Gasteiger partial charge in [0.2, 0.25) is 0 Å². The number of anilines is 1. The minimum atomic E-state index is -0.348. The van der Waals surface area contributed by atoms with E-state index in [2.05, 4.69) is 49.5 Å². The molecule has 2 aromatic heterocycles. The Kier molecular flexibility index (Phi) is 7.53. The van der Waals surface area contributed by atoms with Crippen LogP contribution >= 0.6 is 11.3 Å². The van der Waals surface area contributed by atoms with Crippen LogP contribution in [0.3, 0.4) is 0 Å². The Hall–Kier alpha value is -4.08. The van der Waals surface area contributed by atoms with Crippen molar-refractivity contribution in [3.8, 4) is 21.7 Å². The largest absolute Gasteiger partial charge is 0.382 e. The van der Waals surface area contributed by atoms with Gasteiger partial charge in [-0.3, -0.25) is 9.59 Å². The van der Waals surface area contributed by atoms with Gasteiger partial charge >= 0.3 is 0 Å². The van der Waals surface area contributed by atoms with Crippen molar-refractivity contribution in [2.75, 3.05) is 18.8 Å². The molecule has 8 nitrogen and oxygen atoms in total. The highest BCUT2D eigenvalue weighted by atomic mass is 32.1. The minimum Gasteiger partial charge on any atom is -0.382 e. The first kappa shape index (κ1) is 24.6. The van der Waals surface area contributed by atoms with E-state index in [9.17, 15) is 9.59 Å². The zero-order valence-electron chi connectivity index (χ0n) is 20.2. The van der Waals surface area contributed by atoms with Crippen molar-refractivity contribution in [3.63, 3.8) is 0 Å². The van der Waals surface area contributed by atoms with Crippen LogP contribution in [0, 0.1) is 0 Å². The summed E-state index contributed by atoms with van der Waals surface area (Å²) in [6.45, 7) is 2.08. The molecule has 0 radical (unpaired) electrons. The number of rotatable bonds is 7. The van der Waals surface area contributed by atoms with Crippen LogP contribution in [0.2, 0.25) is 0 Å². The second-order valence-electron chi connectivity index (χ2n) is 8.94. The summed E-state index contributed by atoms with van der Waals surface area (Å²) in [4.78, 5) is 35.6. The predicted molar refractivity (Wildman–Crippen MR) is 146 cm³/mol. The van der Waals surface area contributed by atoms with Gasteiger partial charge in [0.25, 0.3) is 11.8 Å². The van der Waals surface area contributed by atoms with Crippen molar-refractivity contribution in [1.82, 2.24) is 25.9 Å². The van der Waals surface area contributed by atoms with Crippen molar-refractivity contribution in [2.45, 2.75) is 25.4 Å². The normalized spacial score (nSPS) is 15.2. The molecule has 1 aliphatic heterocycles. The van der Waals surface area contributed by atoms with Crippen molar-refractivity contribution >= 4 is 29.0 Å². The molecule has 0 spiro atoms. The van der Waals surface area contributed by atoms with E-state index in [-0.39, 0.29) is 29.4 Å². The van der Waals surface area contributed by atoms with E-state index in [0.717, 1.165) is 30.5 Å². The molecular weight excluding hydrogens is 484 g/mol. The van der Waals surface area contributed by atoms with E-state index in [1.165, 1.54) is 11.1 Å². The molecule has 1 atom stereocenters. The first-order valence-electron chi connectivity index (χ1n) is 12.2. The SMILES string of the molecule is Nc1ncc(-c2cccc(C(=O)NCc3ccc(-c4cccs4)cc3)c2)nc1C(=O)N[C@H]1CCCNC1. The molecule has 0 unspecified atom stereocenters. The number of hydrogen-bond acceptors (Lipinski definition) is 7. The van der Waals surface area contributed by atoms with Crippen LogP contribution in [0.1, 0.15) is 39.3 Å². The van der Waals surface area contributed by atoms with Crippen molar-refractivity contribution in [1.29, 1.82) is 0 Å². The fourth-order valence-electron chi connectivity index (χ4n) is 4.27. The second kappa shape index (κ2) is 11.3. The molecule has 1 aliphatic rings. The number of nitrogens with zero attached hydrogens (tertiary/aromatic N) is 2. The maximum absolute atomic E-state index is 12.9. The van der Waals surface area contributed by atoms with Crippen LogP contribution in [0.25, 0.3) is 21.7 Å². The number of nitrogen functional groups attached to an aromatic ring is 1. The lowest BCUT2D eigenvalue weighted by Crippen LogP contribution is -2.46. The Morgan fingerprint density at radius 3 is 2.68 bits per heavy atom. The summed E-state index contributed by atoms with van der Waals surface area (Å²) in [6.07, 6.45) is 3.42. The first-order chi connectivity index (χ1) is 18.1. The number of nitrogens with two attached hydrogens (primary N) is 1.